The molecule has 0 heterocycles. The minimum atomic E-state index is -0.522. The highest BCUT2D eigenvalue weighted by Gasteiger charge is 2.09. The molecule has 2 aromatic carbocycles. The van der Waals surface area contributed by atoms with Crippen LogP contribution in [-0.2, 0) is 9.59 Å². The van der Waals surface area contributed by atoms with Crippen molar-refractivity contribution in [2.24, 2.45) is 5.10 Å². The van der Waals surface area contributed by atoms with E-state index in [0.29, 0.717) is 22.6 Å². The molecule has 9 heteroatoms. The largest absolute Gasteiger partial charge is 0.497 e. The second-order valence-corrected chi connectivity index (χ2v) is 5.73. The molecular formula is C20H22N4O5. The van der Waals surface area contributed by atoms with Crippen molar-refractivity contribution in [3.8, 4) is 11.5 Å². The van der Waals surface area contributed by atoms with Crippen LogP contribution in [0.1, 0.15) is 15.9 Å². The third-order valence-electron chi connectivity index (χ3n) is 3.72. The molecule has 29 heavy (non-hydrogen) atoms. The Kier molecular flexibility index (Phi) is 8.18. The van der Waals surface area contributed by atoms with Gasteiger partial charge in [0.25, 0.3) is 11.8 Å². The first-order valence-corrected chi connectivity index (χ1v) is 8.67. The second-order valence-electron chi connectivity index (χ2n) is 5.73. The number of amides is 3. The van der Waals surface area contributed by atoms with Crippen LogP contribution in [0, 0.1) is 0 Å². The van der Waals surface area contributed by atoms with Gasteiger partial charge in [0.1, 0.15) is 11.5 Å². The number of hydrazone groups is 1. The first-order valence-electron chi connectivity index (χ1n) is 8.67. The zero-order chi connectivity index (χ0) is 21.1. The minimum Gasteiger partial charge on any atom is -0.497 e. The number of nitrogens with one attached hydrogen (secondary N) is 3. The first-order chi connectivity index (χ1) is 14.0. The van der Waals surface area contributed by atoms with E-state index in [1.807, 2.05) is 0 Å². The highest BCUT2D eigenvalue weighted by Crippen LogP contribution is 2.22. The lowest BCUT2D eigenvalue weighted by molar-refractivity contribution is -0.125. The van der Waals surface area contributed by atoms with Gasteiger partial charge in [0.05, 0.1) is 33.5 Å². The maximum atomic E-state index is 11.9. The lowest BCUT2D eigenvalue weighted by Gasteiger charge is -2.07. The van der Waals surface area contributed by atoms with E-state index in [4.69, 9.17) is 9.47 Å². The van der Waals surface area contributed by atoms with Crippen molar-refractivity contribution in [3.63, 3.8) is 0 Å². The molecule has 0 aliphatic heterocycles. The summed E-state index contributed by atoms with van der Waals surface area (Å²) < 4.78 is 10.3. The van der Waals surface area contributed by atoms with E-state index in [9.17, 15) is 14.4 Å². The van der Waals surface area contributed by atoms with Gasteiger partial charge in [-0.2, -0.15) is 5.10 Å². The van der Waals surface area contributed by atoms with Gasteiger partial charge >= 0.3 is 0 Å². The van der Waals surface area contributed by atoms with Gasteiger partial charge in [-0.15, -0.1) is 0 Å². The standard InChI is InChI=1S/C20H22N4O5/c1-28-16-8-9-17(29-2)15(10-16)11-23-24-19(26)13-21-18(25)12-22-20(27)14-6-4-3-5-7-14/h3-11H,12-13H2,1-2H3,(H,21,25)(H,22,27)(H,24,26)/b23-11-. The SMILES string of the molecule is COc1ccc(OC)c(/C=N\NC(=O)CNC(=O)CNC(=O)c2ccccc2)c1. The summed E-state index contributed by atoms with van der Waals surface area (Å²) in [5, 5.41) is 8.70. The number of carbonyl (C=O) groups excluding carboxylic acids is 3. The Morgan fingerprint density at radius 2 is 1.66 bits per heavy atom. The maximum absolute atomic E-state index is 11.9. The van der Waals surface area contributed by atoms with Crippen LogP contribution in [0.4, 0.5) is 0 Å². The molecule has 2 rings (SSSR count). The second kappa shape index (κ2) is 11.1. The van der Waals surface area contributed by atoms with E-state index in [0.717, 1.165) is 0 Å². The van der Waals surface area contributed by atoms with E-state index in [1.165, 1.54) is 20.4 Å². The summed E-state index contributed by atoms with van der Waals surface area (Å²) in [5.41, 5.74) is 3.35. The van der Waals surface area contributed by atoms with Crippen LogP contribution in [0.2, 0.25) is 0 Å². The fraction of sp³-hybridized carbons (Fsp3) is 0.200. The highest BCUT2D eigenvalue weighted by molar-refractivity contribution is 5.96. The number of hydrogen-bond acceptors (Lipinski definition) is 6. The Hall–Kier alpha value is -3.88. The van der Waals surface area contributed by atoms with E-state index >= 15 is 0 Å². The van der Waals surface area contributed by atoms with Gasteiger partial charge < -0.3 is 20.1 Å². The van der Waals surface area contributed by atoms with Crippen LogP contribution in [0.25, 0.3) is 0 Å². The van der Waals surface area contributed by atoms with Crippen LogP contribution in [0.15, 0.2) is 53.6 Å². The van der Waals surface area contributed by atoms with Crippen molar-refractivity contribution < 1.29 is 23.9 Å². The zero-order valence-electron chi connectivity index (χ0n) is 16.1. The van der Waals surface area contributed by atoms with Gasteiger partial charge in [0, 0.05) is 11.1 Å². The lowest BCUT2D eigenvalue weighted by Crippen LogP contribution is -2.41. The molecular weight excluding hydrogens is 376 g/mol. The predicted molar refractivity (Wildman–Crippen MR) is 107 cm³/mol. The van der Waals surface area contributed by atoms with E-state index in [1.54, 1.807) is 48.5 Å². The third-order valence-corrected chi connectivity index (χ3v) is 3.72. The molecule has 3 N–H and O–H groups in total. The first kappa shape index (κ1) is 21.4. The molecule has 0 aliphatic carbocycles. The van der Waals surface area contributed by atoms with Crippen molar-refractivity contribution in [2.75, 3.05) is 27.3 Å². The van der Waals surface area contributed by atoms with Crippen molar-refractivity contribution >= 4 is 23.9 Å². The topological polar surface area (TPSA) is 118 Å². The molecule has 0 fully saturated rings. The predicted octanol–water partition coefficient (Wildman–Crippen LogP) is 0.700. The molecule has 3 amide bonds. The van der Waals surface area contributed by atoms with Gasteiger partial charge in [-0.1, -0.05) is 18.2 Å². The van der Waals surface area contributed by atoms with Crippen LogP contribution in [0.5, 0.6) is 11.5 Å². The fourth-order valence-corrected chi connectivity index (χ4v) is 2.25. The molecule has 0 spiro atoms. The Bertz CT molecular complexity index is 884. The zero-order valence-corrected chi connectivity index (χ0v) is 16.1. The number of nitrogens with zero attached hydrogens (tertiary/aromatic N) is 1. The molecule has 152 valence electrons. The Morgan fingerprint density at radius 1 is 0.931 bits per heavy atom. The normalized spacial score (nSPS) is 10.3. The van der Waals surface area contributed by atoms with E-state index in [-0.39, 0.29) is 19.0 Å². The Balaban J connectivity index is 1.75. The Morgan fingerprint density at radius 3 is 2.34 bits per heavy atom. The van der Waals surface area contributed by atoms with Crippen LogP contribution in [0.3, 0.4) is 0 Å². The van der Waals surface area contributed by atoms with E-state index < -0.39 is 11.8 Å². The van der Waals surface area contributed by atoms with Gasteiger partial charge in [0.15, 0.2) is 0 Å². The molecule has 0 saturated heterocycles. The summed E-state index contributed by atoms with van der Waals surface area (Å²) in [6, 6.07) is 13.7. The monoisotopic (exact) mass is 398 g/mol. The summed E-state index contributed by atoms with van der Waals surface area (Å²) in [7, 11) is 3.05. The van der Waals surface area contributed by atoms with Crippen molar-refractivity contribution in [3.05, 3.63) is 59.7 Å². The lowest BCUT2D eigenvalue weighted by atomic mass is 10.2. The molecule has 2 aromatic rings. The number of rotatable bonds is 9. The number of methoxy groups -OCH3 is 2. The molecule has 0 aromatic heterocycles. The molecule has 0 radical (unpaired) electrons. The van der Waals surface area contributed by atoms with Crippen LogP contribution >= 0.6 is 0 Å². The summed E-state index contributed by atoms with van der Waals surface area (Å²) in [6.07, 6.45) is 1.40. The van der Waals surface area contributed by atoms with Gasteiger partial charge in [0.2, 0.25) is 5.91 Å². The minimum absolute atomic E-state index is 0.245. The average molecular weight is 398 g/mol. The quantitative estimate of drug-likeness (QED) is 0.425. The van der Waals surface area contributed by atoms with Crippen molar-refractivity contribution in [2.45, 2.75) is 0 Å². The summed E-state index contributed by atoms with van der Waals surface area (Å²) in [4.78, 5) is 35.4. The average Bonchev–Trinajstić information content (AvgIpc) is 2.76. The highest BCUT2D eigenvalue weighted by atomic mass is 16.5. The summed E-state index contributed by atoms with van der Waals surface area (Å²) in [6.45, 7) is -0.530. The van der Waals surface area contributed by atoms with Crippen LogP contribution in [-0.4, -0.2) is 51.2 Å². The number of ether oxygens (including phenoxy) is 2. The fourth-order valence-electron chi connectivity index (χ4n) is 2.25. The third kappa shape index (κ3) is 6.98. The number of carbonyl (C=O) groups is 3. The van der Waals surface area contributed by atoms with Gasteiger partial charge in [-0.25, -0.2) is 5.43 Å². The molecule has 9 nitrogen and oxygen atoms in total. The van der Waals surface area contributed by atoms with E-state index in [2.05, 4.69) is 21.2 Å². The molecule has 0 unspecified atom stereocenters. The maximum Gasteiger partial charge on any atom is 0.259 e. The summed E-state index contributed by atoms with van der Waals surface area (Å²) in [5.74, 6) is -0.217. The van der Waals surface area contributed by atoms with Crippen molar-refractivity contribution in [1.82, 2.24) is 16.1 Å². The molecule has 0 saturated carbocycles. The molecule has 0 bridgehead atoms. The van der Waals surface area contributed by atoms with Gasteiger partial charge in [-0.3, -0.25) is 14.4 Å². The molecule has 0 aliphatic rings. The molecule has 0 atom stereocenters. The number of benzene rings is 2. The van der Waals surface area contributed by atoms with Crippen LogP contribution < -0.4 is 25.5 Å². The Labute approximate surface area is 168 Å². The van der Waals surface area contributed by atoms with Gasteiger partial charge in [-0.05, 0) is 30.3 Å². The number of hydrogen-bond donors (Lipinski definition) is 3. The summed E-state index contributed by atoms with van der Waals surface area (Å²) >= 11 is 0. The smallest absolute Gasteiger partial charge is 0.259 e. The van der Waals surface area contributed by atoms with Crippen molar-refractivity contribution in [1.29, 1.82) is 0 Å².